The lowest BCUT2D eigenvalue weighted by Crippen LogP contribution is -2.35. The third kappa shape index (κ3) is 4.40. The number of hydrogen-bond acceptors (Lipinski definition) is 5. The van der Waals surface area contributed by atoms with Crippen molar-refractivity contribution in [1.29, 1.82) is 0 Å². The topological polar surface area (TPSA) is 106 Å². The standard InChI is InChI=1S/C16H18N2O5/c1-2-3-14(16(19)20)17-10-13-8-9-15(23-13)11-4-6-12(7-5-11)18(21)22/h4-9,14,17H,2-3,10H2,1H3,(H,19,20). The fraction of sp³-hybridized carbons (Fsp3) is 0.312. The first-order chi connectivity index (χ1) is 11.0. The van der Waals surface area contributed by atoms with Crippen molar-refractivity contribution in [2.24, 2.45) is 0 Å². The van der Waals surface area contributed by atoms with Gasteiger partial charge in [0, 0.05) is 17.7 Å². The molecule has 2 aromatic rings. The maximum atomic E-state index is 11.1. The summed E-state index contributed by atoms with van der Waals surface area (Å²) in [6.45, 7) is 2.24. The second kappa shape index (κ2) is 7.55. The summed E-state index contributed by atoms with van der Waals surface area (Å²) >= 11 is 0. The van der Waals surface area contributed by atoms with E-state index in [1.807, 2.05) is 6.92 Å². The molecule has 2 N–H and O–H groups in total. The maximum absolute atomic E-state index is 11.1. The van der Waals surface area contributed by atoms with E-state index in [-0.39, 0.29) is 5.69 Å². The molecular weight excluding hydrogens is 300 g/mol. The Morgan fingerprint density at radius 3 is 2.57 bits per heavy atom. The van der Waals surface area contributed by atoms with E-state index in [0.29, 0.717) is 24.5 Å². The van der Waals surface area contributed by atoms with Crippen LogP contribution in [0.2, 0.25) is 0 Å². The molecule has 7 nitrogen and oxygen atoms in total. The van der Waals surface area contributed by atoms with Gasteiger partial charge in [0.2, 0.25) is 0 Å². The summed E-state index contributed by atoms with van der Waals surface area (Å²) in [5, 5.41) is 22.7. The lowest BCUT2D eigenvalue weighted by molar-refractivity contribution is -0.384. The van der Waals surface area contributed by atoms with Crippen LogP contribution >= 0.6 is 0 Å². The van der Waals surface area contributed by atoms with Crippen molar-refractivity contribution in [3.8, 4) is 11.3 Å². The van der Waals surface area contributed by atoms with Gasteiger partial charge >= 0.3 is 5.97 Å². The summed E-state index contributed by atoms with van der Waals surface area (Å²) in [6, 6.07) is 8.97. The van der Waals surface area contributed by atoms with Crippen LogP contribution in [-0.4, -0.2) is 22.0 Å². The number of nitro groups is 1. The highest BCUT2D eigenvalue weighted by Crippen LogP contribution is 2.24. The molecule has 0 fully saturated rings. The van der Waals surface area contributed by atoms with Crippen LogP contribution in [0.15, 0.2) is 40.8 Å². The Balaban J connectivity index is 2.02. The van der Waals surface area contributed by atoms with Gasteiger partial charge in [-0.15, -0.1) is 0 Å². The molecule has 7 heteroatoms. The average molecular weight is 318 g/mol. The van der Waals surface area contributed by atoms with E-state index >= 15 is 0 Å². The highest BCUT2D eigenvalue weighted by Gasteiger charge is 2.16. The van der Waals surface area contributed by atoms with Crippen molar-refractivity contribution in [2.75, 3.05) is 0 Å². The van der Waals surface area contributed by atoms with Crippen molar-refractivity contribution in [3.05, 3.63) is 52.3 Å². The molecule has 1 aromatic heterocycles. The fourth-order valence-electron chi connectivity index (χ4n) is 2.20. The molecule has 122 valence electrons. The van der Waals surface area contributed by atoms with Gasteiger partial charge in [-0.25, -0.2) is 0 Å². The molecule has 0 amide bonds. The molecule has 1 aromatic carbocycles. The fourth-order valence-corrected chi connectivity index (χ4v) is 2.20. The zero-order valence-electron chi connectivity index (χ0n) is 12.7. The molecule has 1 heterocycles. The lowest BCUT2D eigenvalue weighted by Gasteiger charge is -2.11. The van der Waals surface area contributed by atoms with Gasteiger partial charge in [0.15, 0.2) is 0 Å². The second-order valence-corrected chi connectivity index (χ2v) is 5.13. The number of hydrogen-bond donors (Lipinski definition) is 2. The minimum absolute atomic E-state index is 0.0195. The molecule has 1 unspecified atom stereocenters. The first kappa shape index (κ1) is 16.7. The number of aliphatic carboxylic acids is 1. The number of carbonyl (C=O) groups is 1. The summed E-state index contributed by atoms with van der Waals surface area (Å²) in [5.74, 6) is 0.314. The Morgan fingerprint density at radius 1 is 1.30 bits per heavy atom. The maximum Gasteiger partial charge on any atom is 0.320 e. The van der Waals surface area contributed by atoms with Gasteiger partial charge in [0.25, 0.3) is 5.69 Å². The van der Waals surface area contributed by atoms with Crippen LogP contribution < -0.4 is 5.32 Å². The third-order valence-electron chi connectivity index (χ3n) is 3.42. The Hall–Kier alpha value is -2.67. The van der Waals surface area contributed by atoms with Gasteiger partial charge in [-0.05, 0) is 30.7 Å². The number of rotatable bonds is 8. The van der Waals surface area contributed by atoms with Crippen LogP contribution in [0.4, 0.5) is 5.69 Å². The summed E-state index contributed by atoms with van der Waals surface area (Å²) < 4.78 is 5.65. The molecule has 2 rings (SSSR count). The van der Waals surface area contributed by atoms with Gasteiger partial charge < -0.3 is 9.52 Å². The van der Waals surface area contributed by atoms with Crippen LogP contribution in [-0.2, 0) is 11.3 Å². The van der Waals surface area contributed by atoms with E-state index < -0.39 is 16.9 Å². The smallest absolute Gasteiger partial charge is 0.320 e. The second-order valence-electron chi connectivity index (χ2n) is 5.13. The van der Waals surface area contributed by atoms with E-state index in [9.17, 15) is 14.9 Å². The molecule has 0 aliphatic carbocycles. The largest absolute Gasteiger partial charge is 0.480 e. The first-order valence-electron chi connectivity index (χ1n) is 7.31. The predicted octanol–water partition coefficient (Wildman–Crippen LogP) is 3.20. The van der Waals surface area contributed by atoms with E-state index in [2.05, 4.69) is 5.32 Å². The molecule has 1 atom stereocenters. The third-order valence-corrected chi connectivity index (χ3v) is 3.42. The average Bonchev–Trinajstić information content (AvgIpc) is 3.00. The highest BCUT2D eigenvalue weighted by atomic mass is 16.6. The summed E-state index contributed by atoms with van der Waals surface area (Å²) in [4.78, 5) is 21.3. The van der Waals surface area contributed by atoms with Gasteiger partial charge in [-0.3, -0.25) is 20.2 Å². The Bertz CT molecular complexity index is 678. The molecule has 0 aliphatic heterocycles. The summed E-state index contributed by atoms with van der Waals surface area (Å²) in [5.41, 5.74) is 0.747. The van der Waals surface area contributed by atoms with Crippen LogP contribution in [0.5, 0.6) is 0 Å². The van der Waals surface area contributed by atoms with Crippen molar-refractivity contribution in [1.82, 2.24) is 5.32 Å². The minimum Gasteiger partial charge on any atom is -0.480 e. The van der Waals surface area contributed by atoms with Gasteiger partial charge in [-0.1, -0.05) is 13.3 Å². The number of nitrogens with one attached hydrogen (secondary N) is 1. The minimum atomic E-state index is -0.881. The number of nitro benzene ring substituents is 1. The summed E-state index contributed by atoms with van der Waals surface area (Å²) in [7, 11) is 0. The number of benzene rings is 1. The highest BCUT2D eigenvalue weighted by molar-refractivity contribution is 5.73. The van der Waals surface area contributed by atoms with Crippen LogP contribution in [0.25, 0.3) is 11.3 Å². The Kier molecular flexibility index (Phi) is 5.48. The van der Waals surface area contributed by atoms with E-state index in [0.717, 1.165) is 12.0 Å². The van der Waals surface area contributed by atoms with E-state index in [4.69, 9.17) is 9.52 Å². The van der Waals surface area contributed by atoms with Crippen LogP contribution in [0, 0.1) is 10.1 Å². The zero-order chi connectivity index (χ0) is 16.8. The van der Waals surface area contributed by atoms with Crippen molar-refractivity contribution in [2.45, 2.75) is 32.4 Å². The monoisotopic (exact) mass is 318 g/mol. The van der Waals surface area contributed by atoms with E-state index in [1.54, 1.807) is 24.3 Å². The number of non-ortho nitro benzene ring substituents is 1. The number of carboxylic acids is 1. The van der Waals surface area contributed by atoms with Gasteiger partial charge in [0.05, 0.1) is 11.5 Å². The summed E-state index contributed by atoms with van der Waals surface area (Å²) in [6.07, 6.45) is 1.32. The lowest BCUT2D eigenvalue weighted by atomic mass is 10.1. The quantitative estimate of drug-likeness (QED) is 0.572. The Morgan fingerprint density at radius 2 is 2.00 bits per heavy atom. The molecule has 0 spiro atoms. The van der Waals surface area contributed by atoms with Gasteiger partial charge in [-0.2, -0.15) is 0 Å². The van der Waals surface area contributed by atoms with Gasteiger partial charge in [0.1, 0.15) is 17.6 Å². The normalized spacial score (nSPS) is 12.0. The molecule has 0 saturated carbocycles. The number of nitrogens with zero attached hydrogens (tertiary/aromatic N) is 1. The Labute approximate surface area is 133 Å². The molecule has 0 saturated heterocycles. The van der Waals surface area contributed by atoms with Crippen LogP contribution in [0.1, 0.15) is 25.5 Å². The molecule has 0 radical (unpaired) electrons. The predicted molar refractivity (Wildman–Crippen MR) is 84.0 cm³/mol. The van der Waals surface area contributed by atoms with Crippen LogP contribution in [0.3, 0.4) is 0 Å². The molecular formula is C16H18N2O5. The molecule has 0 bridgehead atoms. The molecule has 23 heavy (non-hydrogen) atoms. The van der Waals surface area contributed by atoms with Crippen molar-refractivity contribution in [3.63, 3.8) is 0 Å². The molecule has 0 aliphatic rings. The van der Waals surface area contributed by atoms with Crippen molar-refractivity contribution < 1.29 is 19.2 Å². The zero-order valence-corrected chi connectivity index (χ0v) is 12.7. The SMILES string of the molecule is CCCC(NCc1ccc(-c2ccc([N+](=O)[O-])cc2)o1)C(=O)O. The number of carboxylic acid groups (broad SMARTS) is 1. The van der Waals surface area contributed by atoms with E-state index in [1.165, 1.54) is 12.1 Å². The van der Waals surface area contributed by atoms with Crippen molar-refractivity contribution >= 4 is 11.7 Å². The number of furan rings is 1. The first-order valence-corrected chi connectivity index (χ1v) is 7.31.